The van der Waals surface area contributed by atoms with E-state index in [2.05, 4.69) is 0 Å². The lowest BCUT2D eigenvalue weighted by molar-refractivity contribution is -0.107. The summed E-state index contributed by atoms with van der Waals surface area (Å²) in [5.74, 6) is -0.491. The van der Waals surface area contributed by atoms with Gasteiger partial charge in [0, 0.05) is 6.54 Å². The van der Waals surface area contributed by atoms with Crippen LogP contribution in [0.1, 0.15) is 6.92 Å². The quantitative estimate of drug-likeness (QED) is 0.541. The minimum Gasteiger partial charge on any atom is -0.504 e. The van der Waals surface area contributed by atoms with Crippen LogP contribution in [0.5, 0.6) is 11.5 Å². The maximum Gasteiger partial charge on any atom is 0.214 e. The first-order valence-corrected chi connectivity index (χ1v) is 3.93. The Hall–Kier alpha value is -1.71. The molecule has 0 aliphatic rings. The van der Waals surface area contributed by atoms with Gasteiger partial charge in [-0.3, -0.25) is 4.79 Å². The molecule has 1 rings (SSSR count). The van der Waals surface area contributed by atoms with Crippen LogP contribution in [0.15, 0.2) is 18.2 Å². The van der Waals surface area contributed by atoms with Gasteiger partial charge in [0.1, 0.15) is 0 Å². The molecule has 0 spiro atoms. The minimum absolute atomic E-state index is 0.224. The first kappa shape index (κ1) is 9.38. The Kier molecular flexibility index (Phi) is 2.74. The average Bonchev–Trinajstić information content (AvgIpc) is 2.14. The van der Waals surface area contributed by atoms with Gasteiger partial charge in [-0.25, -0.2) is 0 Å². The highest BCUT2D eigenvalue weighted by Gasteiger charge is 2.10. The van der Waals surface area contributed by atoms with E-state index in [4.69, 9.17) is 5.11 Å². The van der Waals surface area contributed by atoms with Gasteiger partial charge in [-0.05, 0) is 19.1 Å². The summed E-state index contributed by atoms with van der Waals surface area (Å²) in [6.07, 6.45) is 0.606. The molecule has 0 bridgehead atoms. The van der Waals surface area contributed by atoms with Gasteiger partial charge in [0.15, 0.2) is 11.5 Å². The van der Waals surface area contributed by atoms with E-state index in [0.29, 0.717) is 18.6 Å². The Bertz CT molecular complexity index is 312. The molecule has 0 atom stereocenters. The number of anilines is 1. The molecule has 13 heavy (non-hydrogen) atoms. The zero-order valence-electron chi connectivity index (χ0n) is 7.27. The fourth-order valence-corrected chi connectivity index (χ4v) is 1.05. The van der Waals surface area contributed by atoms with Crippen LogP contribution in [0.25, 0.3) is 0 Å². The number of carbonyl (C=O) groups is 1. The number of benzene rings is 1. The molecular weight excluding hydrogens is 170 g/mol. The zero-order valence-corrected chi connectivity index (χ0v) is 7.27. The number of hydrogen-bond acceptors (Lipinski definition) is 3. The number of hydrogen-bond donors (Lipinski definition) is 2. The molecule has 0 saturated heterocycles. The van der Waals surface area contributed by atoms with Crippen LogP contribution in [-0.4, -0.2) is 23.2 Å². The molecule has 0 unspecified atom stereocenters. The molecule has 4 heteroatoms. The van der Waals surface area contributed by atoms with Crippen molar-refractivity contribution in [2.75, 3.05) is 11.4 Å². The summed E-state index contributed by atoms with van der Waals surface area (Å²) in [6, 6.07) is 4.49. The van der Waals surface area contributed by atoms with Gasteiger partial charge >= 0.3 is 0 Å². The molecule has 0 radical (unpaired) electrons. The van der Waals surface area contributed by atoms with E-state index in [0.717, 1.165) is 0 Å². The van der Waals surface area contributed by atoms with Crippen molar-refractivity contribution in [2.24, 2.45) is 0 Å². The van der Waals surface area contributed by atoms with E-state index in [1.54, 1.807) is 19.1 Å². The number of nitrogens with zero attached hydrogens (tertiary/aromatic N) is 1. The first-order valence-electron chi connectivity index (χ1n) is 3.93. The van der Waals surface area contributed by atoms with E-state index in [9.17, 15) is 9.90 Å². The lowest BCUT2D eigenvalue weighted by Gasteiger charge is -2.16. The van der Waals surface area contributed by atoms with E-state index in [1.807, 2.05) is 0 Å². The number of para-hydroxylation sites is 1. The maximum atomic E-state index is 10.5. The molecule has 0 heterocycles. The highest BCUT2D eigenvalue weighted by Crippen LogP contribution is 2.34. The van der Waals surface area contributed by atoms with Crippen LogP contribution in [0.2, 0.25) is 0 Å². The van der Waals surface area contributed by atoms with E-state index in [-0.39, 0.29) is 11.5 Å². The van der Waals surface area contributed by atoms with E-state index >= 15 is 0 Å². The topological polar surface area (TPSA) is 60.8 Å². The van der Waals surface area contributed by atoms with Crippen LogP contribution in [0.4, 0.5) is 5.69 Å². The SMILES string of the molecule is CCN(C=O)c1cccc(O)c1O. The molecular formula is C9H11NO3. The van der Waals surface area contributed by atoms with Crippen LogP contribution in [0.3, 0.4) is 0 Å². The van der Waals surface area contributed by atoms with Crippen LogP contribution < -0.4 is 4.90 Å². The zero-order chi connectivity index (χ0) is 9.84. The third-order valence-electron chi connectivity index (χ3n) is 1.77. The summed E-state index contributed by atoms with van der Waals surface area (Å²) in [4.78, 5) is 11.8. The first-order chi connectivity index (χ1) is 6.20. The fourth-order valence-electron chi connectivity index (χ4n) is 1.05. The summed E-state index contributed by atoms with van der Waals surface area (Å²) in [5.41, 5.74) is 0.317. The second-order valence-corrected chi connectivity index (χ2v) is 2.54. The Morgan fingerprint density at radius 1 is 1.46 bits per heavy atom. The molecule has 0 fully saturated rings. The van der Waals surface area contributed by atoms with E-state index < -0.39 is 0 Å². The minimum atomic E-state index is -0.267. The Labute approximate surface area is 76.0 Å². The van der Waals surface area contributed by atoms with Gasteiger partial charge in [-0.2, -0.15) is 0 Å². The molecule has 0 aromatic heterocycles. The van der Waals surface area contributed by atoms with Crippen molar-refractivity contribution < 1.29 is 15.0 Å². The number of rotatable bonds is 3. The van der Waals surface area contributed by atoms with Crippen LogP contribution >= 0.6 is 0 Å². The van der Waals surface area contributed by atoms with Crippen molar-refractivity contribution in [2.45, 2.75) is 6.92 Å². The van der Waals surface area contributed by atoms with Gasteiger partial charge in [0.25, 0.3) is 0 Å². The predicted octanol–water partition coefficient (Wildman–Crippen LogP) is 1.08. The molecule has 0 aliphatic carbocycles. The largest absolute Gasteiger partial charge is 0.504 e. The van der Waals surface area contributed by atoms with Crippen LogP contribution in [0, 0.1) is 0 Å². The number of phenolic OH excluding ortho intramolecular Hbond substituents is 2. The molecule has 70 valence electrons. The van der Waals surface area contributed by atoms with E-state index in [1.165, 1.54) is 11.0 Å². The lowest BCUT2D eigenvalue weighted by Crippen LogP contribution is -2.19. The highest BCUT2D eigenvalue weighted by atomic mass is 16.3. The fraction of sp³-hybridized carbons (Fsp3) is 0.222. The second kappa shape index (κ2) is 3.80. The van der Waals surface area contributed by atoms with Crippen molar-refractivity contribution in [3.63, 3.8) is 0 Å². The normalized spacial score (nSPS) is 9.62. The Balaban J connectivity index is 3.13. The third kappa shape index (κ3) is 1.72. The van der Waals surface area contributed by atoms with Crippen molar-refractivity contribution in [3.05, 3.63) is 18.2 Å². The van der Waals surface area contributed by atoms with Gasteiger partial charge in [0.2, 0.25) is 6.41 Å². The van der Waals surface area contributed by atoms with Crippen LogP contribution in [-0.2, 0) is 4.79 Å². The van der Waals surface area contributed by atoms with Gasteiger partial charge in [0.05, 0.1) is 5.69 Å². The molecule has 1 aromatic rings. The van der Waals surface area contributed by atoms with Gasteiger partial charge in [-0.15, -0.1) is 0 Å². The standard InChI is InChI=1S/C9H11NO3/c1-2-10(6-11)7-4-3-5-8(12)9(7)13/h3-6,12-13H,2H2,1H3. The molecule has 0 saturated carbocycles. The number of amides is 1. The summed E-state index contributed by atoms with van der Waals surface area (Å²) in [7, 11) is 0. The molecule has 0 aliphatic heterocycles. The predicted molar refractivity (Wildman–Crippen MR) is 48.9 cm³/mol. The number of phenols is 2. The molecule has 2 N–H and O–H groups in total. The molecule has 1 aromatic carbocycles. The Morgan fingerprint density at radius 3 is 2.69 bits per heavy atom. The number of carbonyl (C=O) groups excluding carboxylic acids is 1. The lowest BCUT2D eigenvalue weighted by atomic mass is 10.2. The molecule has 1 amide bonds. The van der Waals surface area contributed by atoms with Crippen molar-refractivity contribution in [1.29, 1.82) is 0 Å². The van der Waals surface area contributed by atoms with Crippen molar-refractivity contribution >= 4 is 12.1 Å². The van der Waals surface area contributed by atoms with Gasteiger partial charge in [-0.1, -0.05) is 6.07 Å². The Morgan fingerprint density at radius 2 is 2.15 bits per heavy atom. The summed E-state index contributed by atoms with van der Waals surface area (Å²) < 4.78 is 0. The summed E-state index contributed by atoms with van der Waals surface area (Å²) in [5, 5.41) is 18.5. The van der Waals surface area contributed by atoms with Crippen molar-refractivity contribution in [3.8, 4) is 11.5 Å². The van der Waals surface area contributed by atoms with Crippen molar-refractivity contribution in [1.82, 2.24) is 0 Å². The number of aromatic hydroxyl groups is 2. The second-order valence-electron chi connectivity index (χ2n) is 2.54. The summed E-state index contributed by atoms with van der Waals surface area (Å²) in [6.45, 7) is 2.22. The highest BCUT2D eigenvalue weighted by molar-refractivity contribution is 5.80. The third-order valence-corrected chi connectivity index (χ3v) is 1.77. The maximum absolute atomic E-state index is 10.5. The smallest absolute Gasteiger partial charge is 0.214 e. The molecule has 4 nitrogen and oxygen atoms in total. The average molecular weight is 181 g/mol. The van der Waals surface area contributed by atoms with Gasteiger partial charge < -0.3 is 15.1 Å². The summed E-state index contributed by atoms with van der Waals surface area (Å²) >= 11 is 0. The monoisotopic (exact) mass is 181 g/mol.